The van der Waals surface area contributed by atoms with Gasteiger partial charge in [0.15, 0.2) is 0 Å². The summed E-state index contributed by atoms with van der Waals surface area (Å²) in [6.45, 7) is 10.4. The van der Waals surface area contributed by atoms with Crippen molar-refractivity contribution in [3.63, 3.8) is 0 Å². The highest BCUT2D eigenvalue weighted by molar-refractivity contribution is 5.80. The van der Waals surface area contributed by atoms with E-state index in [4.69, 9.17) is 4.42 Å². The smallest absolute Gasteiger partial charge is 0.128 e. The third-order valence-corrected chi connectivity index (χ3v) is 3.64. The Morgan fingerprint density at radius 3 is 2.29 bits per heavy atom. The van der Waals surface area contributed by atoms with Crippen LogP contribution in [0.1, 0.15) is 43.9 Å². The summed E-state index contributed by atoms with van der Waals surface area (Å²) in [5.41, 5.74) is 2.37. The fourth-order valence-corrected chi connectivity index (χ4v) is 2.31. The molecule has 0 N–H and O–H groups in total. The third kappa shape index (κ3) is 3.97. The van der Waals surface area contributed by atoms with E-state index in [1.54, 1.807) is 0 Å². The number of aryl methyl sites for hydroxylation is 1. The zero-order valence-electron chi connectivity index (χ0n) is 13.3. The lowest BCUT2D eigenvalue weighted by Crippen LogP contribution is -2.21. The Hall–Kier alpha value is -2.03. The van der Waals surface area contributed by atoms with E-state index in [0.29, 0.717) is 0 Å². The molecule has 1 heterocycles. The fourth-order valence-electron chi connectivity index (χ4n) is 2.31. The highest BCUT2D eigenvalue weighted by Gasteiger charge is 2.06. The number of hydrogen-bond acceptors (Lipinski definition) is 3. The van der Waals surface area contributed by atoms with E-state index in [9.17, 15) is 0 Å². The minimum Gasteiger partial charge on any atom is -0.464 e. The van der Waals surface area contributed by atoms with Crippen LogP contribution < -0.4 is 4.90 Å². The predicted octanol–water partition coefficient (Wildman–Crippen LogP) is 4.61. The minimum atomic E-state index is 0.0427. The van der Waals surface area contributed by atoms with Gasteiger partial charge in [0.2, 0.25) is 0 Å². The van der Waals surface area contributed by atoms with Gasteiger partial charge in [0, 0.05) is 25.0 Å². The molecule has 112 valence electrons. The van der Waals surface area contributed by atoms with E-state index in [2.05, 4.69) is 48.0 Å². The highest BCUT2D eigenvalue weighted by Crippen LogP contribution is 2.19. The van der Waals surface area contributed by atoms with Crippen molar-refractivity contribution < 1.29 is 4.42 Å². The van der Waals surface area contributed by atoms with E-state index in [-0.39, 0.29) is 6.04 Å². The van der Waals surface area contributed by atoms with Crippen molar-refractivity contribution in [3.8, 4) is 0 Å². The van der Waals surface area contributed by atoms with Crippen LogP contribution in [0.15, 0.2) is 45.8 Å². The maximum absolute atomic E-state index is 5.59. The minimum absolute atomic E-state index is 0.0427. The SMILES string of the molecule is CCN(CC)c1ccc(C=N[C@@H](C)c2ccc(C)o2)cc1. The second-order valence-electron chi connectivity index (χ2n) is 5.17. The lowest BCUT2D eigenvalue weighted by molar-refractivity contribution is 0.459. The van der Waals surface area contributed by atoms with Crippen LogP contribution in [0.2, 0.25) is 0 Å². The van der Waals surface area contributed by atoms with E-state index in [1.807, 2.05) is 32.2 Å². The predicted molar refractivity (Wildman–Crippen MR) is 89.5 cm³/mol. The quantitative estimate of drug-likeness (QED) is 0.724. The maximum atomic E-state index is 5.59. The van der Waals surface area contributed by atoms with Crippen molar-refractivity contribution in [2.75, 3.05) is 18.0 Å². The van der Waals surface area contributed by atoms with Crippen molar-refractivity contribution in [1.29, 1.82) is 0 Å². The molecule has 3 nitrogen and oxygen atoms in total. The molecule has 0 saturated heterocycles. The van der Waals surface area contributed by atoms with Gasteiger partial charge < -0.3 is 9.32 Å². The Bertz CT molecular complexity index is 580. The molecule has 0 aliphatic heterocycles. The van der Waals surface area contributed by atoms with Crippen LogP contribution in [0, 0.1) is 6.92 Å². The first-order chi connectivity index (χ1) is 10.1. The lowest BCUT2D eigenvalue weighted by atomic mass is 10.2. The number of anilines is 1. The van der Waals surface area contributed by atoms with Gasteiger partial charge in [0.05, 0.1) is 0 Å². The first-order valence-corrected chi connectivity index (χ1v) is 7.58. The van der Waals surface area contributed by atoms with Crippen LogP contribution in [-0.4, -0.2) is 19.3 Å². The van der Waals surface area contributed by atoms with Crippen LogP contribution in [0.3, 0.4) is 0 Å². The summed E-state index contributed by atoms with van der Waals surface area (Å²) in [4.78, 5) is 6.89. The van der Waals surface area contributed by atoms with Gasteiger partial charge in [-0.15, -0.1) is 0 Å². The number of nitrogens with zero attached hydrogens (tertiary/aromatic N) is 2. The third-order valence-electron chi connectivity index (χ3n) is 3.64. The number of furan rings is 1. The molecule has 0 radical (unpaired) electrons. The monoisotopic (exact) mass is 284 g/mol. The van der Waals surface area contributed by atoms with Crippen molar-refractivity contribution >= 4 is 11.9 Å². The Balaban J connectivity index is 2.04. The molecular weight excluding hydrogens is 260 g/mol. The molecule has 0 aliphatic rings. The molecule has 2 rings (SSSR count). The molecule has 1 aromatic carbocycles. The number of hydrogen-bond donors (Lipinski definition) is 0. The van der Waals surface area contributed by atoms with Gasteiger partial charge in [0.25, 0.3) is 0 Å². The van der Waals surface area contributed by atoms with Crippen molar-refractivity contribution in [3.05, 3.63) is 53.5 Å². The summed E-state index contributed by atoms with van der Waals surface area (Å²) in [5, 5.41) is 0. The second-order valence-corrected chi connectivity index (χ2v) is 5.17. The van der Waals surface area contributed by atoms with Crippen LogP contribution >= 0.6 is 0 Å². The molecular formula is C18H24N2O. The molecule has 0 spiro atoms. The summed E-state index contributed by atoms with van der Waals surface area (Å²) >= 11 is 0. The average Bonchev–Trinajstić information content (AvgIpc) is 2.94. The van der Waals surface area contributed by atoms with E-state index >= 15 is 0 Å². The van der Waals surface area contributed by atoms with Crippen LogP contribution in [0.25, 0.3) is 0 Å². The van der Waals surface area contributed by atoms with E-state index in [0.717, 1.165) is 30.2 Å². The van der Waals surface area contributed by atoms with Crippen molar-refractivity contribution in [2.45, 2.75) is 33.7 Å². The standard InChI is InChI=1S/C18H24N2O/c1-5-20(6-2)17-10-8-16(9-11-17)13-19-15(4)18-12-7-14(3)21-18/h7-13,15H,5-6H2,1-4H3/t15-/m0/s1. The Morgan fingerprint density at radius 2 is 1.76 bits per heavy atom. The maximum Gasteiger partial charge on any atom is 0.128 e. The summed E-state index contributed by atoms with van der Waals surface area (Å²) in [6.07, 6.45) is 1.91. The number of aliphatic imine (C=N–C) groups is 1. The van der Waals surface area contributed by atoms with Gasteiger partial charge in [-0.1, -0.05) is 12.1 Å². The highest BCUT2D eigenvalue weighted by atomic mass is 16.3. The fraction of sp³-hybridized carbons (Fsp3) is 0.389. The van der Waals surface area contributed by atoms with Crippen molar-refractivity contribution in [2.24, 2.45) is 4.99 Å². The number of benzene rings is 1. The molecule has 3 heteroatoms. The summed E-state index contributed by atoms with van der Waals surface area (Å²) in [5.74, 6) is 1.83. The van der Waals surface area contributed by atoms with E-state index in [1.165, 1.54) is 5.69 Å². The summed E-state index contributed by atoms with van der Waals surface area (Å²) < 4.78 is 5.59. The summed E-state index contributed by atoms with van der Waals surface area (Å²) in [7, 11) is 0. The number of rotatable bonds is 6. The molecule has 0 unspecified atom stereocenters. The topological polar surface area (TPSA) is 28.7 Å². The van der Waals surface area contributed by atoms with Crippen molar-refractivity contribution in [1.82, 2.24) is 0 Å². The zero-order chi connectivity index (χ0) is 15.2. The average molecular weight is 284 g/mol. The Labute approximate surface area is 127 Å². The Morgan fingerprint density at radius 1 is 1.10 bits per heavy atom. The van der Waals surface area contributed by atoms with Crippen LogP contribution in [0.4, 0.5) is 5.69 Å². The first kappa shape index (κ1) is 15.4. The Kier molecular flexibility index (Phi) is 5.20. The molecule has 0 aliphatic carbocycles. The molecule has 0 amide bonds. The largest absolute Gasteiger partial charge is 0.464 e. The molecule has 21 heavy (non-hydrogen) atoms. The molecule has 1 aromatic heterocycles. The molecule has 2 aromatic rings. The van der Waals surface area contributed by atoms with Gasteiger partial charge >= 0.3 is 0 Å². The lowest BCUT2D eigenvalue weighted by Gasteiger charge is -2.20. The van der Waals surface area contributed by atoms with Crippen LogP contribution in [-0.2, 0) is 0 Å². The molecule has 0 saturated carbocycles. The van der Waals surface area contributed by atoms with Gasteiger partial charge in [-0.25, -0.2) is 0 Å². The molecule has 0 bridgehead atoms. The second kappa shape index (κ2) is 7.11. The summed E-state index contributed by atoms with van der Waals surface area (Å²) in [6, 6.07) is 12.5. The van der Waals surface area contributed by atoms with E-state index < -0.39 is 0 Å². The molecule has 1 atom stereocenters. The van der Waals surface area contributed by atoms with Gasteiger partial charge in [-0.2, -0.15) is 0 Å². The van der Waals surface area contributed by atoms with Gasteiger partial charge in [-0.3, -0.25) is 4.99 Å². The first-order valence-electron chi connectivity index (χ1n) is 7.58. The van der Waals surface area contributed by atoms with Gasteiger partial charge in [-0.05, 0) is 57.5 Å². The molecule has 0 fully saturated rings. The van der Waals surface area contributed by atoms with Gasteiger partial charge in [0.1, 0.15) is 17.6 Å². The zero-order valence-corrected chi connectivity index (χ0v) is 13.3. The van der Waals surface area contributed by atoms with Crippen LogP contribution in [0.5, 0.6) is 0 Å². The normalized spacial score (nSPS) is 12.8.